The van der Waals surface area contributed by atoms with Crippen molar-refractivity contribution in [1.82, 2.24) is 4.90 Å². The van der Waals surface area contributed by atoms with Gasteiger partial charge >= 0.3 is 0 Å². The summed E-state index contributed by atoms with van der Waals surface area (Å²) in [6.07, 6.45) is 1.62. The molecule has 2 N–H and O–H groups in total. The molecule has 6 heteroatoms. The number of hydrogen-bond donors (Lipinski definition) is 1. The Kier molecular flexibility index (Phi) is 5.49. The molecule has 122 valence electrons. The third-order valence-corrected chi connectivity index (χ3v) is 4.17. The van der Waals surface area contributed by atoms with Gasteiger partial charge in [0.2, 0.25) is 11.7 Å². The molecular weight excluding hydrogens is 284 g/mol. The highest BCUT2D eigenvalue weighted by atomic mass is 16.5. The van der Waals surface area contributed by atoms with Gasteiger partial charge in [0.25, 0.3) is 0 Å². The van der Waals surface area contributed by atoms with Crippen molar-refractivity contribution >= 4 is 5.91 Å². The summed E-state index contributed by atoms with van der Waals surface area (Å²) < 4.78 is 16.2. The van der Waals surface area contributed by atoms with Crippen molar-refractivity contribution in [3.8, 4) is 17.2 Å². The van der Waals surface area contributed by atoms with E-state index in [0.29, 0.717) is 17.2 Å². The zero-order chi connectivity index (χ0) is 16.1. The largest absolute Gasteiger partial charge is 0.493 e. The Balaban J connectivity index is 2.12. The number of nitrogens with two attached hydrogens (primary N) is 1. The molecule has 1 aromatic carbocycles. The van der Waals surface area contributed by atoms with E-state index in [1.165, 1.54) is 0 Å². The second kappa shape index (κ2) is 7.35. The second-order valence-electron chi connectivity index (χ2n) is 5.45. The predicted molar refractivity (Wildman–Crippen MR) is 83.3 cm³/mol. The van der Waals surface area contributed by atoms with Crippen LogP contribution >= 0.6 is 0 Å². The van der Waals surface area contributed by atoms with Gasteiger partial charge in [0.15, 0.2) is 11.5 Å². The Labute approximate surface area is 131 Å². The lowest BCUT2D eigenvalue weighted by Crippen LogP contribution is -2.38. The number of rotatable bonds is 6. The van der Waals surface area contributed by atoms with Crippen molar-refractivity contribution in [1.29, 1.82) is 0 Å². The molecule has 1 amide bonds. The summed E-state index contributed by atoms with van der Waals surface area (Å²) in [4.78, 5) is 13.5. The Morgan fingerprint density at radius 1 is 1.14 bits per heavy atom. The van der Waals surface area contributed by atoms with Crippen molar-refractivity contribution in [3.05, 3.63) is 17.7 Å². The topological polar surface area (TPSA) is 74.0 Å². The maximum atomic E-state index is 11.2. The monoisotopic (exact) mass is 308 g/mol. The van der Waals surface area contributed by atoms with Crippen molar-refractivity contribution in [2.45, 2.75) is 19.4 Å². The normalized spacial score (nSPS) is 16.3. The van der Waals surface area contributed by atoms with Crippen LogP contribution in [0.1, 0.15) is 18.4 Å². The fourth-order valence-corrected chi connectivity index (χ4v) is 2.90. The molecule has 1 heterocycles. The van der Waals surface area contributed by atoms with Crippen LogP contribution in [0.4, 0.5) is 0 Å². The Bertz CT molecular complexity index is 525. The molecule has 1 saturated heterocycles. The molecule has 1 aliphatic rings. The van der Waals surface area contributed by atoms with Gasteiger partial charge in [-0.15, -0.1) is 0 Å². The summed E-state index contributed by atoms with van der Waals surface area (Å²) >= 11 is 0. The van der Waals surface area contributed by atoms with E-state index in [1.54, 1.807) is 21.3 Å². The molecule has 0 radical (unpaired) electrons. The molecule has 0 spiro atoms. The Hall–Kier alpha value is -1.95. The van der Waals surface area contributed by atoms with Crippen molar-refractivity contribution in [3.63, 3.8) is 0 Å². The number of piperidine rings is 1. The van der Waals surface area contributed by atoms with Crippen LogP contribution in [0, 0.1) is 5.92 Å². The number of carbonyl (C=O) groups is 1. The van der Waals surface area contributed by atoms with E-state index in [-0.39, 0.29) is 11.8 Å². The third-order valence-electron chi connectivity index (χ3n) is 4.17. The van der Waals surface area contributed by atoms with Crippen molar-refractivity contribution in [2.75, 3.05) is 34.4 Å². The van der Waals surface area contributed by atoms with Gasteiger partial charge in [-0.3, -0.25) is 9.69 Å². The smallest absolute Gasteiger partial charge is 0.220 e. The highest BCUT2D eigenvalue weighted by Crippen LogP contribution is 2.40. The molecule has 0 aromatic heterocycles. The first-order chi connectivity index (χ1) is 10.6. The number of amides is 1. The van der Waals surface area contributed by atoms with Crippen LogP contribution < -0.4 is 19.9 Å². The molecule has 0 saturated carbocycles. The first-order valence-corrected chi connectivity index (χ1v) is 7.40. The molecule has 1 aliphatic heterocycles. The van der Waals surface area contributed by atoms with Gasteiger partial charge in [-0.25, -0.2) is 0 Å². The molecule has 1 fully saturated rings. The van der Waals surface area contributed by atoms with Crippen LogP contribution in [-0.4, -0.2) is 45.2 Å². The molecule has 0 bridgehead atoms. The quantitative estimate of drug-likeness (QED) is 0.860. The average Bonchev–Trinajstić information content (AvgIpc) is 2.54. The summed E-state index contributed by atoms with van der Waals surface area (Å²) in [6, 6.07) is 3.87. The standard InChI is InChI=1S/C16H24N2O4/c1-20-13-5-4-12(14(21-2)15(13)22-3)10-18-8-6-11(7-9-18)16(17)19/h4-5,11H,6-10H2,1-3H3,(H2,17,19). The van der Waals surface area contributed by atoms with Crippen molar-refractivity contribution in [2.24, 2.45) is 11.7 Å². The van der Waals surface area contributed by atoms with E-state index >= 15 is 0 Å². The summed E-state index contributed by atoms with van der Waals surface area (Å²) in [5.41, 5.74) is 6.41. The number of ether oxygens (including phenoxy) is 3. The number of benzene rings is 1. The molecule has 22 heavy (non-hydrogen) atoms. The van der Waals surface area contributed by atoms with Gasteiger partial charge in [-0.05, 0) is 32.0 Å². The number of carbonyl (C=O) groups excluding carboxylic acids is 1. The molecule has 0 atom stereocenters. The summed E-state index contributed by atoms with van der Waals surface area (Å²) in [5, 5.41) is 0. The average molecular weight is 308 g/mol. The van der Waals surface area contributed by atoms with Gasteiger partial charge in [-0.1, -0.05) is 6.07 Å². The first kappa shape index (κ1) is 16.4. The SMILES string of the molecule is COc1ccc(CN2CCC(C(N)=O)CC2)c(OC)c1OC. The lowest BCUT2D eigenvalue weighted by molar-refractivity contribution is -0.123. The van der Waals surface area contributed by atoms with Gasteiger partial charge in [0.1, 0.15) is 0 Å². The molecule has 0 unspecified atom stereocenters. The van der Waals surface area contributed by atoms with Gasteiger partial charge < -0.3 is 19.9 Å². The predicted octanol–water partition coefficient (Wildman–Crippen LogP) is 1.41. The second-order valence-corrected chi connectivity index (χ2v) is 5.45. The lowest BCUT2D eigenvalue weighted by Gasteiger charge is -2.31. The Morgan fingerprint density at radius 2 is 1.77 bits per heavy atom. The van der Waals surface area contributed by atoms with E-state index in [1.807, 2.05) is 12.1 Å². The number of likely N-dealkylation sites (tertiary alicyclic amines) is 1. The summed E-state index contributed by atoms with van der Waals surface area (Å²) in [6.45, 7) is 2.45. The van der Waals surface area contributed by atoms with Crippen LogP contribution in [0.3, 0.4) is 0 Å². The number of hydrogen-bond acceptors (Lipinski definition) is 5. The van der Waals surface area contributed by atoms with Crippen molar-refractivity contribution < 1.29 is 19.0 Å². The van der Waals surface area contributed by atoms with E-state index in [2.05, 4.69) is 4.90 Å². The zero-order valence-electron chi connectivity index (χ0n) is 13.4. The fourth-order valence-electron chi connectivity index (χ4n) is 2.90. The highest BCUT2D eigenvalue weighted by molar-refractivity contribution is 5.76. The minimum absolute atomic E-state index is 0.00329. The lowest BCUT2D eigenvalue weighted by atomic mass is 9.96. The first-order valence-electron chi connectivity index (χ1n) is 7.40. The van der Waals surface area contributed by atoms with Crippen LogP contribution in [0.2, 0.25) is 0 Å². The van der Waals surface area contributed by atoms with E-state index in [4.69, 9.17) is 19.9 Å². The minimum Gasteiger partial charge on any atom is -0.493 e. The van der Waals surface area contributed by atoms with Crippen LogP contribution in [0.5, 0.6) is 17.2 Å². The van der Waals surface area contributed by atoms with Gasteiger partial charge in [0.05, 0.1) is 21.3 Å². The maximum Gasteiger partial charge on any atom is 0.220 e. The number of nitrogens with zero attached hydrogens (tertiary/aromatic N) is 1. The molecular formula is C16H24N2O4. The van der Waals surface area contributed by atoms with Crippen LogP contribution in [0.25, 0.3) is 0 Å². The fraction of sp³-hybridized carbons (Fsp3) is 0.562. The van der Waals surface area contributed by atoms with Gasteiger partial charge in [-0.2, -0.15) is 0 Å². The van der Waals surface area contributed by atoms with E-state index in [0.717, 1.165) is 38.0 Å². The highest BCUT2D eigenvalue weighted by Gasteiger charge is 2.24. The zero-order valence-corrected chi connectivity index (χ0v) is 13.4. The molecule has 6 nitrogen and oxygen atoms in total. The molecule has 1 aromatic rings. The molecule has 2 rings (SSSR count). The number of primary amides is 1. The van der Waals surface area contributed by atoms with E-state index < -0.39 is 0 Å². The van der Waals surface area contributed by atoms with Gasteiger partial charge in [0, 0.05) is 18.0 Å². The van der Waals surface area contributed by atoms with Crippen LogP contribution in [-0.2, 0) is 11.3 Å². The van der Waals surface area contributed by atoms with E-state index in [9.17, 15) is 4.79 Å². The third kappa shape index (κ3) is 3.44. The van der Waals surface area contributed by atoms with Crippen LogP contribution in [0.15, 0.2) is 12.1 Å². The number of methoxy groups -OCH3 is 3. The minimum atomic E-state index is -0.191. The Morgan fingerprint density at radius 3 is 2.27 bits per heavy atom. The summed E-state index contributed by atoms with van der Waals surface area (Å²) in [5.74, 6) is 1.76. The maximum absolute atomic E-state index is 11.2. The summed E-state index contributed by atoms with van der Waals surface area (Å²) in [7, 11) is 4.83. The molecule has 0 aliphatic carbocycles.